The zero-order valence-corrected chi connectivity index (χ0v) is 10.3. The summed E-state index contributed by atoms with van der Waals surface area (Å²) in [5.41, 5.74) is 1.27. The summed E-state index contributed by atoms with van der Waals surface area (Å²) < 4.78 is 5.10. The lowest BCUT2D eigenvalue weighted by Crippen LogP contribution is -2.41. The fraction of sp³-hybridized carbons (Fsp3) is 0.500. The molecule has 0 aliphatic carbocycles. The number of carbonyl (C=O) groups excluding carboxylic acids is 1. The van der Waals surface area contributed by atoms with Gasteiger partial charge in [-0.1, -0.05) is 12.1 Å². The summed E-state index contributed by atoms with van der Waals surface area (Å²) in [7, 11) is 1.67. The van der Waals surface area contributed by atoms with Crippen LogP contribution in [0.1, 0.15) is 24.8 Å². The fourth-order valence-electron chi connectivity index (χ4n) is 1.96. The summed E-state index contributed by atoms with van der Waals surface area (Å²) in [5.74, 6) is 1.19. The molecule has 0 N–H and O–H groups in total. The number of aryl methyl sites for hydroxylation is 1. The Labute approximate surface area is 102 Å². The van der Waals surface area contributed by atoms with Crippen LogP contribution in [0, 0.1) is 0 Å². The molecule has 1 aromatic carbocycles. The highest BCUT2D eigenvalue weighted by atomic mass is 16.5. The van der Waals surface area contributed by atoms with Gasteiger partial charge in [0.2, 0.25) is 5.91 Å². The molecule has 0 saturated carbocycles. The van der Waals surface area contributed by atoms with E-state index in [1.54, 1.807) is 7.11 Å². The van der Waals surface area contributed by atoms with Crippen molar-refractivity contribution in [2.45, 2.75) is 25.7 Å². The predicted molar refractivity (Wildman–Crippen MR) is 67.1 cm³/mol. The van der Waals surface area contributed by atoms with E-state index >= 15 is 0 Å². The molecule has 0 bridgehead atoms. The van der Waals surface area contributed by atoms with Gasteiger partial charge in [-0.25, -0.2) is 0 Å². The average Bonchev–Trinajstić information content (AvgIpc) is 2.27. The molecule has 1 aliphatic heterocycles. The van der Waals surface area contributed by atoms with Crippen molar-refractivity contribution >= 4 is 5.91 Å². The Balaban J connectivity index is 1.71. The van der Waals surface area contributed by atoms with Crippen LogP contribution in [0.15, 0.2) is 24.3 Å². The molecule has 0 aromatic heterocycles. The Morgan fingerprint density at radius 3 is 2.53 bits per heavy atom. The molecule has 0 spiro atoms. The topological polar surface area (TPSA) is 29.5 Å². The van der Waals surface area contributed by atoms with Gasteiger partial charge in [-0.05, 0) is 37.0 Å². The van der Waals surface area contributed by atoms with E-state index in [0.29, 0.717) is 12.3 Å². The third-order valence-electron chi connectivity index (χ3n) is 3.22. The number of hydrogen-bond donors (Lipinski definition) is 0. The number of ether oxygens (including phenoxy) is 1. The molecule has 3 heteroatoms. The smallest absolute Gasteiger partial charge is 0.222 e. The van der Waals surface area contributed by atoms with Gasteiger partial charge < -0.3 is 9.64 Å². The van der Waals surface area contributed by atoms with Crippen LogP contribution in [0.5, 0.6) is 5.75 Å². The lowest BCUT2D eigenvalue weighted by molar-refractivity contribution is -0.134. The molecule has 2 rings (SSSR count). The number of carbonyl (C=O) groups is 1. The van der Waals surface area contributed by atoms with Gasteiger partial charge in [0.05, 0.1) is 7.11 Å². The molecule has 0 radical (unpaired) electrons. The van der Waals surface area contributed by atoms with Crippen molar-refractivity contribution in [2.24, 2.45) is 0 Å². The largest absolute Gasteiger partial charge is 0.497 e. The lowest BCUT2D eigenvalue weighted by atomic mass is 10.1. The molecule has 1 saturated heterocycles. The SMILES string of the molecule is COc1ccc(CCCC(=O)N2CCC2)cc1. The highest BCUT2D eigenvalue weighted by Gasteiger charge is 2.18. The van der Waals surface area contributed by atoms with Gasteiger partial charge in [0.15, 0.2) is 0 Å². The van der Waals surface area contributed by atoms with E-state index in [0.717, 1.165) is 31.7 Å². The molecule has 3 nitrogen and oxygen atoms in total. The van der Waals surface area contributed by atoms with Crippen LogP contribution in [0.25, 0.3) is 0 Å². The van der Waals surface area contributed by atoms with Crippen LogP contribution in [0.3, 0.4) is 0 Å². The number of nitrogens with zero attached hydrogens (tertiary/aromatic N) is 1. The number of likely N-dealkylation sites (tertiary alicyclic amines) is 1. The minimum Gasteiger partial charge on any atom is -0.497 e. The Hall–Kier alpha value is -1.51. The Morgan fingerprint density at radius 2 is 2.00 bits per heavy atom. The molecule has 1 heterocycles. The zero-order chi connectivity index (χ0) is 12.1. The first kappa shape index (κ1) is 12.0. The van der Waals surface area contributed by atoms with Gasteiger partial charge in [-0.15, -0.1) is 0 Å². The number of hydrogen-bond acceptors (Lipinski definition) is 2. The first-order valence-electron chi connectivity index (χ1n) is 6.20. The van der Waals surface area contributed by atoms with E-state index in [-0.39, 0.29) is 0 Å². The second-order valence-electron chi connectivity index (χ2n) is 4.44. The molecular formula is C14H19NO2. The van der Waals surface area contributed by atoms with Gasteiger partial charge in [-0.2, -0.15) is 0 Å². The molecule has 1 aromatic rings. The minimum absolute atomic E-state index is 0.310. The molecule has 1 amide bonds. The first-order chi connectivity index (χ1) is 8.29. The van der Waals surface area contributed by atoms with E-state index in [4.69, 9.17) is 4.74 Å². The maximum Gasteiger partial charge on any atom is 0.222 e. The van der Waals surface area contributed by atoms with Gasteiger partial charge in [-0.3, -0.25) is 4.79 Å². The van der Waals surface area contributed by atoms with E-state index in [1.165, 1.54) is 12.0 Å². The predicted octanol–water partition coefficient (Wildman–Crippen LogP) is 2.25. The van der Waals surface area contributed by atoms with E-state index in [9.17, 15) is 4.79 Å². The first-order valence-corrected chi connectivity index (χ1v) is 6.20. The Morgan fingerprint density at radius 1 is 1.29 bits per heavy atom. The second-order valence-corrected chi connectivity index (χ2v) is 4.44. The van der Waals surface area contributed by atoms with Crippen molar-refractivity contribution in [3.63, 3.8) is 0 Å². The van der Waals surface area contributed by atoms with Gasteiger partial charge in [0.1, 0.15) is 5.75 Å². The summed E-state index contributed by atoms with van der Waals surface area (Å²) in [6.07, 6.45) is 3.74. The Kier molecular flexibility index (Phi) is 4.02. The maximum atomic E-state index is 11.6. The third kappa shape index (κ3) is 3.22. The molecule has 1 aliphatic rings. The lowest BCUT2D eigenvalue weighted by Gasteiger charge is -2.30. The highest BCUT2D eigenvalue weighted by Crippen LogP contribution is 2.14. The second kappa shape index (κ2) is 5.71. The standard InChI is InChI=1S/C14H19NO2/c1-17-13-8-6-12(7-9-13)4-2-5-14(16)15-10-3-11-15/h6-9H,2-5,10-11H2,1H3. The van der Waals surface area contributed by atoms with Crippen molar-refractivity contribution < 1.29 is 9.53 Å². The summed E-state index contributed by atoms with van der Waals surface area (Å²) in [6.45, 7) is 1.92. The van der Waals surface area contributed by atoms with E-state index in [1.807, 2.05) is 17.0 Å². The number of rotatable bonds is 5. The average molecular weight is 233 g/mol. The van der Waals surface area contributed by atoms with Gasteiger partial charge in [0, 0.05) is 19.5 Å². The van der Waals surface area contributed by atoms with E-state index in [2.05, 4.69) is 12.1 Å². The third-order valence-corrected chi connectivity index (χ3v) is 3.22. The summed E-state index contributed by atoms with van der Waals surface area (Å²) >= 11 is 0. The van der Waals surface area contributed by atoms with Gasteiger partial charge in [0.25, 0.3) is 0 Å². The van der Waals surface area contributed by atoms with Crippen LogP contribution >= 0.6 is 0 Å². The van der Waals surface area contributed by atoms with Crippen LogP contribution in [0.4, 0.5) is 0 Å². The normalized spacial score (nSPS) is 14.3. The monoisotopic (exact) mass is 233 g/mol. The quantitative estimate of drug-likeness (QED) is 0.780. The van der Waals surface area contributed by atoms with Crippen LogP contribution in [0.2, 0.25) is 0 Å². The van der Waals surface area contributed by atoms with Crippen molar-refractivity contribution in [1.29, 1.82) is 0 Å². The number of methoxy groups -OCH3 is 1. The molecular weight excluding hydrogens is 214 g/mol. The van der Waals surface area contributed by atoms with Crippen molar-refractivity contribution in [3.05, 3.63) is 29.8 Å². The molecule has 0 unspecified atom stereocenters. The summed E-state index contributed by atoms with van der Waals surface area (Å²) in [6, 6.07) is 8.05. The van der Waals surface area contributed by atoms with Crippen LogP contribution in [-0.4, -0.2) is 31.0 Å². The minimum atomic E-state index is 0.310. The van der Waals surface area contributed by atoms with Crippen LogP contribution in [-0.2, 0) is 11.2 Å². The zero-order valence-electron chi connectivity index (χ0n) is 10.3. The molecule has 1 fully saturated rings. The Bertz CT molecular complexity index is 368. The molecule has 0 atom stereocenters. The van der Waals surface area contributed by atoms with Crippen molar-refractivity contribution in [3.8, 4) is 5.75 Å². The molecule has 92 valence electrons. The fourth-order valence-corrected chi connectivity index (χ4v) is 1.96. The number of benzene rings is 1. The van der Waals surface area contributed by atoms with Crippen molar-refractivity contribution in [2.75, 3.05) is 20.2 Å². The maximum absolute atomic E-state index is 11.6. The number of amides is 1. The van der Waals surface area contributed by atoms with Crippen molar-refractivity contribution in [1.82, 2.24) is 4.90 Å². The summed E-state index contributed by atoms with van der Waals surface area (Å²) in [5, 5.41) is 0. The summed E-state index contributed by atoms with van der Waals surface area (Å²) in [4.78, 5) is 13.6. The van der Waals surface area contributed by atoms with Gasteiger partial charge >= 0.3 is 0 Å². The highest BCUT2D eigenvalue weighted by molar-refractivity contribution is 5.76. The van der Waals surface area contributed by atoms with Crippen LogP contribution < -0.4 is 4.74 Å². The molecule has 17 heavy (non-hydrogen) atoms. The van der Waals surface area contributed by atoms with E-state index < -0.39 is 0 Å².